The Morgan fingerprint density at radius 2 is 1.86 bits per heavy atom. The summed E-state index contributed by atoms with van der Waals surface area (Å²) < 4.78 is 7.46. The van der Waals surface area contributed by atoms with E-state index in [4.69, 9.17) is 4.74 Å². The molecule has 1 heterocycles. The SMILES string of the molecule is CCc1ccc(NC(=O)C(C)Sc2nnc(-c3ccccc3OC)n2CC)cc1. The summed E-state index contributed by atoms with van der Waals surface area (Å²) in [5.41, 5.74) is 2.92. The molecule has 6 nitrogen and oxygen atoms in total. The van der Waals surface area contributed by atoms with Gasteiger partial charge in [0, 0.05) is 12.2 Å². The van der Waals surface area contributed by atoms with Crippen LogP contribution in [0.3, 0.4) is 0 Å². The molecule has 0 aliphatic carbocycles. The van der Waals surface area contributed by atoms with Crippen molar-refractivity contribution in [2.45, 2.75) is 44.1 Å². The first-order valence-electron chi connectivity index (χ1n) is 9.70. The normalized spacial score (nSPS) is 11.9. The number of carbonyl (C=O) groups is 1. The molecule has 0 aliphatic rings. The lowest BCUT2D eigenvalue weighted by molar-refractivity contribution is -0.115. The summed E-state index contributed by atoms with van der Waals surface area (Å²) in [4.78, 5) is 12.6. The summed E-state index contributed by atoms with van der Waals surface area (Å²) >= 11 is 1.40. The fraction of sp³-hybridized carbons (Fsp3) is 0.318. The molecule has 1 unspecified atom stereocenters. The maximum absolute atomic E-state index is 12.6. The van der Waals surface area contributed by atoms with E-state index >= 15 is 0 Å². The van der Waals surface area contributed by atoms with Gasteiger partial charge in [0.25, 0.3) is 0 Å². The standard InChI is InChI=1S/C22H26N4O2S/c1-5-16-11-13-17(14-12-16)23-21(27)15(3)29-22-25-24-20(26(22)6-2)18-9-7-8-10-19(18)28-4/h7-15H,5-6H2,1-4H3,(H,23,27). The van der Waals surface area contributed by atoms with Gasteiger partial charge in [-0.2, -0.15) is 0 Å². The molecule has 3 rings (SSSR count). The number of para-hydroxylation sites is 1. The second-order valence-electron chi connectivity index (χ2n) is 6.55. The fourth-order valence-corrected chi connectivity index (χ4v) is 3.88. The van der Waals surface area contributed by atoms with Crippen molar-refractivity contribution in [2.24, 2.45) is 0 Å². The Bertz CT molecular complexity index is 969. The van der Waals surface area contributed by atoms with Crippen LogP contribution in [0, 0.1) is 0 Å². The molecular formula is C22H26N4O2S. The van der Waals surface area contributed by atoms with Gasteiger partial charge in [0.05, 0.1) is 17.9 Å². The number of aryl methyl sites for hydroxylation is 1. The van der Waals surface area contributed by atoms with Gasteiger partial charge in [0.15, 0.2) is 11.0 Å². The van der Waals surface area contributed by atoms with Crippen LogP contribution < -0.4 is 10.1 Å². The minimum atomic E-state index is -0.319. The van der Waals surface area contributed by atoms with Crippen LogP contribution in [0.4, 0.5) is 5.69 Å². The Hall–Kier alpha value is -2.80. The van der Waals surface area contributed by atoms with Gasteiger partial charge in [-0.3, -0.25) is 4.79 Å². The zero-order valence-electron chi connectivity index (χ0n) is 17.2. The Morgan fingerprint density at radius 1 is 1.14 bits per heavy atom. The number of nitrogens with zero attached hydrogens (tertiary/aromatic N) is 3. The van der Waals surface area contributed by atoms with Crippen molar-refractivity contribution in [3.63, 3.8) is 0 Å². The van der Waals surface area contributed by atoms with Crippen LogP contribution in [-0.2, 0) is 17.8 Å². The highest BCUT2D eigenvalue weighted by Gasteiger charge is 2.21. The van der Waals surface area contributed by atoms with Crippen molar-refractivity contribution in [2.75, 3.05) is 12.4 Å². The van der Waals surface area contributed by atoms with Crippen LogP contribution in [0.2, 0.25) is 0 Å². The zero-order chi connectivity index (χ0) is 20.8. The van der Waals surface area contributed by atoms with E-state index in [0.29, 0.717) is 11.7 Å². The number of aromatic nitrogens is 3. The number of ether oxygens (including phenoxy) is 1. The Kier molecular flexibility index (Phi) is 6.93. The molecule has 0 saturated carbocycles. The molecule has 1 amide bonds. The van der Waals surface area contributed by atoms with Crippen molar-refractivity contribution >= 4 is 23.4 Å². The summed E-state index contributed by atoms with van der Waals surface area (Å²) in [6.07, 6.45) is 0.974. The number of carbonyl (C=O) groups excluding carboxylic acids is 1. The number of amides is 1. The van der Waals surface area contributed by atoms with E-state index in [1.54, 1.807) is 7.11 Å². The van der Waals surface area contributed by atoms with Crippen LogP contribution in [0.25, 0.3) is 11.4 Å². The molecular weight excluding hydrogens is 384 g/mol. The van der Waals surface area contributed by atoms with Crippen molar-refractivity contribution in [1.29, 1.82) is 0 Å². The van der Waals surface area contributed by atoms with E-state index in [0.717, 1.165) is 29.2 Å². The van der Waals surface area contributed by atoms with Crippen LogP contribution in [0.5, 0.6) is 5.75 Å². The third-order valence-electron chi connectivity index (χ3n) is 4.66. The number of anilines is 1. The molecule has 0 spiro atoms. The number of nitrogens with one attached hydrogen (secondary N) is 1. The molecule has 0 aliphatic heterocycles. The minimum Gasteiger partial charge on any atom is -0.496 e. The van der Waals surface area contributed by atoms with E-state index in [1.165, 1.54) is 17.3 Å². The Labute approximate surface area is 175 Å². The summed E-state index contributed by atoms with van der Waals surface area (Å²) in [5.74, 6) is 1.41. The number of thioether (sulfide) groups is 1. The molecule has 0 bridgehead atoms. The average Bonchev–Trinajstić information content (AvgIpc) is 3.16. The van der Waals surface area contributed by atoms with Gasteiger partial charge < -0.3 is 14.6 Å². The molecule has 1 N–H and O–H groups in total. The summed E-state index contributed by atoms with van der Waals surface area (Å²) in [6.45, 7) is 6.70. The predicted octanol–water partition coefficient (Wildman–Crippen LogP) is 4.66. The predicted molar refractivity (Wildman–Crippen MR) is 117 cm³/mol. The van der Waals surface area contributed by atoms with Crippen LogP contribution in [0.1, 0.15) is 26.3 Å². The smallest absolute Gasteiger partial charge is 0.237 e. The zero-order valence-corrected chi connectivity index (χ0v) is 18.0. The largest absolute Gasteiger partial charge is 0.496 e. The molecule has 7 heteroatoms. The summed E-state index contributed by atoms with van der Waals surface area (Å²) in [7, 11) is 1.64. The fourth-order valence-electron chi connectivity index (χ4n) is 2.97. The molecule has 3 aromatic rings. The highest BCUT2D eigenvalue weighted by molar-refractivity contribution is 8.00. The number of benzene rings is 2. The molecule has 1 aromatic heterocycles. The lowest BCUT2D eigenvalue weighted by Gasteiger charge is -2.13. The molecule has 1 atom stereocenters. The molecule has 29 heavy (non-hydrogen) atoms. The van der Waals surface area contributed by atoms with Crippen LogP contribution >= 0.6 is 11.8 Å². The summed E-state index contributed by atoms with van der Waals surface area (Å²) in [6, 6.07) is 15.6. The molecule has 2 aromatic carbocycles. The molecule has 0 saturated heterocycles. The van der Waals surface area contributed by atoms with E-state index in [2.05, 4.69) is 22.4 Å². The minimum absolute atomic E-state index is 0.0660. The average molecular weight is 411 g/mol. The van der Waals surface area contributed by atoms with E-state index < -0.39 is 0 Å². The molecule has 0 fully saturated rings. The second-order valence-corrected chi connectivity index (χ2v) is 7.86. The first-order valence-corrected chi connectivity index (χ1v) is 10.6. The lowest BCUT2D eigenvalue weighted by Crippen LogP contribution is -2.23. The van der Waals surface area contributed by atoms with Crippen molar-refractivity contribution in [1.82, 2.24) is 14.8 Å². The van der Waals surface area contributed by atoms with E-state index in [-0.39, 0.29) is 11.2 Å². The van der Waals surface area contributed by atoms with Gasteiger partial charge in [-0.15, -0.1) is 10.2 Å². The first kappa shape index (κ1) is 20.9. The Morgan fingerprint density at radius 3 is 2.52 bits per heavy atom. The third kappa shape index (κ3) is 4.79. The number of rotatable bonds is 8. The monoisotopic (exact) mass is 410 g/mol. The highest BCUT2D eigenvalue weighted by Crippen LogP contribution is 2.32. The van der Waals surface area contributed by atoms with E-state index in [9.17, 15) is 4.79 Å². The maximum Gasteiger partial charge on any atom is 0.237 e. The van der Waals surface area contributed by atoms with E-state index in [1.807, 2.05) is 66.9 Å². The topological polar surface area (TPSA) is 69.0 Å². The van der Waals surface area contributed by atoms with Gasteiger partial charge in [0.2, 0.25) is 5.91 Å². The third-order valence-corrected chi connectivity index (χ3v) is 5.74. The number of methoxy groups -OCH3 is 1. The van der Waals surface area contributed by atoms with Crippen molar-refractivity contribution in [3.8, 4) is 17.1 Å². The first-order chi connectivity index (χ1) is 14.1. The van der Waals surface area contributed by atoms with Gasteiger partial charge in [-0.05, 0) is 50.1 Å². The second kappa shape index (κ2) is 9.60. The van der Waals surface area contributed by atoms with Crippen molar-refractivity contribution < 1.29 is 9.53 Å². The van der Waals surface area contributed by atoms with Crippen LogP contribution in [-0.4, -0.2) is 33.0 Å². The van der Waals surface area contributed by atoms with Gasteiger partial charge in [0.1, 0.15) is 5.75 Å². The Balaban J connectivity index is 1.75. The number of hydrogen-bond donors (Lipinski definition) is 1. The number of hydrogen-bond acceptors (Lipinski definition) is 5. The molecule has 0 radical (unpaired) electrons. The van der Waals surface area contributed by atoms with Gasteiger partial charge in [-0.1, -0.05) is 43.0 Å². The quantitative estimate of drug-likeness (QED) is 0.547. The van der Waals surface area contributed by atoms with Crippen molar-refractivity contribution in [3.05, 3.63) is 54.1 Å². The van der Waals surface area contributed by atoms with Gasteiger partial charge in [-0.25, -0.2) is 0 Å². The highest BCUT2D eigenvalue weighted by atomic mass is 32.2. The maximum atomic E-state index is 12.6. The summed E-state index contributed by atoms with van der Waals surface area (Å²) in [5, 5.41) is 12.1. The van der Waals surface area contributed by atoms with Crippen LogP contribution in [0.15, 0.2) is 53.7 Å². The lowest BCUT2D eigenvalue weighted by atomic mass is 10.1. The van der Waals surface area contributed by atoms with Gasteiger partial charge >= 0.3 is 0 Å². The molecule has 152 valence electrons.